The van der Waals surface area contributed by atoms with Gasteiger partial charge in [0, 0.05) is 19.0 Å². The molecule has 0 heterocycles. The Labute approximate surface area is 115 Å². The summed E-state index contributed by atoms with van der Waals surface area (Å²) in [5, 5.41) is 0. The zero-order valence-corrected chi connectivity index (χ0v) is 12.2. The van der Waals surface area contributed by atoms with E-state index in [0.717, 1.165) is 25.4 Å². The molecule has 3 nitrogen and oxygen atoms in total. The zero-order chi connectivity index (χ0) is 13.5. The van der Waals surface area contributed by atoms with Crippen molar-refractivity contribution in [1.82, 2.24) is 4.90 Å². The molecule has 1 unspecified atom stereocenters. The Hall–Kier alpha value is -1.13. The molecule has 0 aromatic heterocycles. The van der Waals surface area contributed by atoms with E-state index in [0.29, 0.717) is 4.99 Å². The number of rotatable bonds is 7. The van der Waals surface area contributed by atoms with Crippen molar-refractivity contribution in [2.24, 2.45) is 11.7 Å². The van der Waals surface area contributed by atoms with Crippen molar-refractivity contribution >= 4 is 17.2 Å². The summed E-state index contributed by atoms with van der Waals surface area (Å²) in [5.41, 5.74) is 6.90. The Morgan fingerprint density at radius 2 is 2.22 bits per heavy atom. The fraction of sp³-hybridized carbons (Fsp3) is 0.500. The summed E-state index contributed by atoms with van der Waals surface area (Å²) in [6, 6.07) is 8.14. The minimum Gasteiger partial charge on any atom is -0.497 e. The summed E-state index contributed by atoms with van der Waals surface area (Å²) >= 11 is 5.02. The van der Waals surface area contributed by atoms with Crippen LogP contribution in [0.15, 0.2) is 24.3 Å². The van der Waals surface area contributed by atoms with Gasteiger partial charge in [-0.05, 0) is 24.2 Å². The van der Waals surface area contributed by atoms with E-state index in [1.807, 2.05) is 12.1 Å². The fourth-order valence-corrected chi connectivity index (χ4v) is 1.89. The topological polar surface area (TPSA) is 38.5 Å². The standard InChI is InChI=1S/C14H22N2OS/c1-4-16(9-11(2)14(15)18)10-12-6-5-7-13(8-12)17-3/h5-8,11H,4,9-10H2,1-3H3,(H2,15,18). The lowest BCUT2D eigenvalue weighted by molar-refractivity contribution is 0.263. The first-order valence-corrected chi connectivity index (χ1v) is 6.62. The van der Waals surface area contributed by atoms with Crippen molar-refractivity contribution < 1.29 is 4.74 Å². The summed E-state index contributed by atoms with van der Waals surface area (Å²) in [4.78, 5) is 2.91. The minimum atomic E-state index is 0.241. The van der Waals surface area contributed by atoms with Gasteiger partial charge < -0.3 is 10.5 Å². The maximum atomic E-state index is 5.66. The normalized spacial score (nSPS) is 12.4. The van der Waals surface area contributed by atoms with Gasteiger partial charge in [0.05, 0.1) is 12.1 Å². The van der Waals surface area contributed by atoms with E-state index in [9.17, 15) is 0 Å². The maximum absolute atomic E-state index is 5.66. The van der Waals surface area contributed by atoms with Crippen molar-refractivity contribution in [3.05, 3.63) is 29.8 Å². The molecule has 1 rings (SSSR count). The van der Waals surface area contributed by atoms with E-state index in [1.165, 1.54) is 5.56 Å². The van der Waals surface area contributed by atoms with Gasteiger partial charge in [-0.25, -0.2) is 0 Å². The highest BCUT2D eigenvalue weighted by Crippen LogP contribution is 2.15. The van der Waals surface area contributed by atoms with Crippen molar-refractivity contribution in [3.8, 4) is 5.75 Å². The lowest BCUT2D eigenvalue weighted by atomic mass is 10.1. The quantitative estimate of drug-likeness (QED) is 0.769. The number of hydrogen-bond donors (Lipinski definition) is 1. The molecule has 2 N–H and O–H groups in total. The molecule has 0 radical (unpaired) electrons. The van der Waals surface area contributed by atoms with Gasteiger partial charge >= 0.3 is 0 Å². The third-order valence-corrected chi connectivity index (χ3v) is 3.41. The Morgan fingerprint density at radius 3 is 2.78 bits per heavy atom. The third kappa shape index (κ3) is 4.63. The van der Waals surface area contributed by atoms with Crippen molar-refractivity contribution in [3.63, 3.8) is 0 Å². The number of ether oxygens (including phenoxy) is 1. The van der Waals surface area contributed by atoms with Crippen LogP contribution in [0.5, 0.6) is 5.75 Å². The van der Waals surface area contributed by atoms with Crippen molar-refractivity contribution in [2.75, 3.05) is 20.2 Å². The van der Waals surface area contributed by atoms with E-state index in [1.54, 1.807) is 7.11 Å². The van der Waals surface area contributed by atoms with Crippen LogP contribution in [0, 0.1) is 5.92 Å². The smallest absolute Gasteiger partial charge is 0.119 e. The monoisotopic (exact) mass is 266 g/mol. The molecule has 0 aliphatic carbocycles. The van der Waals surface area contributed by atoms with Crippen LogP contribution in [0.4, 0.5) is 0 Å². The van der Waals surface area contributed by atoms with Gasteiger partial charge in [-0.2, -0.15) is 0 Å². The molecule has 4 heteroatoms. The minimum absolute atomic E-state index is 0.241. The highest BCUT2D eigenvalue weighted by atomic mass is 32.1. The first-order chi connectivity index (χ1) is 8.56. The van der Waals surface area contributed by atoms with Crippen LogP contribution >= 0.6 is 12.2 Å². The molecule has 0 aliphatic rings. The number of hydrogen-bond acceptors (Lipinski definition) is 3. The molecule has 0 saturated heterocycles. The van der Waals surface area contributed by atoms with Gasteiger partial charge in [0.25, 0.3) is 0 Å². The molecule has 0 bridgehead atoms. The van der Waals surface area contributed by atoms with Crippen LogP contribution in [-0.4, -0.2) is 30.1 Å². The molecule has 100 valence electrons. The second-order valence-electron chi connectivity index (χ2n) is 4.48. The Kier molecular flexibility index (Phi) is 6.09. The van der Waals surface area contributed by atoms with Crippen LogP contribution in [0.1, 0.15) is 19.4 Å². The highest BCUT2D eigenvalue weighted by molar-refractivity contribution is 7.80. The van der Waals surface area contributed by atoms with Gasteiger partial charge in [-0.3, -0.25) is 4.90 Å². The van der Waals surface area contributed by atoms with E-state index in [2.05, 4.69) is 30.9 Å². The molecule has 0 aliphatic heterocycles. The van der Waals surface area contributed by atoms with Gasteiger partial charge in [0.1, 0.15) is 5.75 Å². The van der Waals surface area contributed by atoms with E-state index < -0.39 is 0 Å². The highest BCUT2D eigenvalue weighted by Gasteiger charge is 2.11. The number of nitrogens with zero attached hydrogens (tertiary/aromatic N) is 1. The molecule has 18 heavy (non-hydrogen) atoms. The average Bonchev–Trinajstić information content (AvgIpc) is 2.37. The molecular weight excluding hydrogens is 244 g/mol. The summed E-state index contributed by atoms with van der Waals surface area (Å²) in [7, 11) is 1.69. The van der Waals surface area contributed by atoms with E-state index >= 15 is 0 Å². The molecule has 1 aromatic rings. The Balaban J connectivity index is 2.64. The summed E-state index contributed by atoms with van der Waals surface area (Å²) < 4.78 is 5.23. The second-order valence-corrected chi connectivity index (χ2v) is 4.95. The number of benzene rings is 1. The molecule has 0 amide bonds. The molecule has 0 saturated carbocycles. The molecule has 0 fully saturated rings. The number of thiocarbonyl (C=S) groups is 1. The van der Waals surface area contributed by atoms with Crippen molar-refractivity contribution in [1.29, 1.82) is 0 Å². The Bertz CT molecular complexity index is 395. The first kappa shape index (κ1) is 14.9. The van der Waals surface area contributed by atoms with E-state index in [-0.39, 0.29) is 5.92 Å². The van der Waals surface area contributed by atoms with Crippen LogP contribution in [0.25, 0.3) is 0 Å². The van der Waals surface area contributed by atoms with Crippen LogP contribution < -0.4 is 10.5 Å². The van der Waals surface area contributed by atoms with E-state index in [4.69, 9.17) is 22.7 Å². The lowest BCUT2D eigenvalue weighted by Crippen LogP contribution is -2.33. The SMILES string of the molecule is CCN(Cc1cccc(OC)c1)CC(C)C(N)=S. The predicted molar refractivity (Wildman–Crippen MR) is 79.9 cm³/mol. The number of nitrogens with two attached hydrogens (primary N) is 1. The summed E-state index contributed by atoms with van der Waals surface area (Å²) in [6.07, 6.45) is 0. The van der Waals surface area contributed by atoms with Gasteiger partial charge in [0.2, 0.25) is 0 Å². The third-order valence-electron chi connectivity index (χ3n) is 3.01. The van der Waals surface area contributed by atoms with Crippen LogP contribution in [0.3, 0.4) is 0 Å². The predicted octanol–water partition coefficient (Wildman–Crippen LogP) is 2.44. The molecule has 1 atom stereocenters. The Morgan fingerprint density at radius 1 is 1.50 bits per heavy atom. The lowest BCUT2D eigenvalue weighted by Gasteiger charge is -2.24. The molecule has 0 spiro atoms. The molecule has 1 aromatic carbocycles. The first-order valence-electron chi connectivity index (χ1n) is 6.21. The average molecular weight is 266 g/mol. The largest absolute Gasteiger partial charge is 0.497 e. The van der Waals surface area contributed by atoms with Gasteiger partial charge in [0.15, 0.2) is 0 Å². The summed E-state index contributed by atoms with van der Waals surface area (Å²) in [5.74, 6) is 1.14. The second kappa shape index (κ2) is 7.34. The number of methoxy groups -OCH3 is 1. The summed E-state index contributed by atoms with van der Waals surface area (Å²) in [6.45, 7) is 6.97. The van der Waals surface area contributed by atoms with Crippen LogP contribution in [0.2, 0.25) is 0 Å². The van der Waals surface area contributed by atoms with Gasteiger partial charge in [-0.1, -0.05) is 38.2 Å². The van der Waals surface area contributed by atoms with Crippen LogP contribution in [-0.2, 0) is 6.54 Å². The van der Waals surface area contributed by atoms with Crippen molar-refractivity contribution in [2.45, 2.75) is 20.4 Å². The fourth-order valence-electron chi connectivity index (χ4n) is 1.81. The molecular formula is C14H22N2OS. The maximum Gasteiger partial charge on any atom is 0.119 e. The zero-order valence-electron chi connectivity index (χ0n) is 11.3. The van der Waals surface area contributed by atoms with Gasteiger partial charge in [-0.15, -0.1) is 0 Å².